The smallest absolute Gasteiger partial charge is 0.244 e. The Morgan fingerprint density at radius 1 is 1.06 bits per heavy atom. The molecule has 0 saturated heterocycles. The zero-order valence-corrected chi connectivity index (χ0v) is 18.7. The molecule has 0 radical (unpaired) electrons. The lowest BCUT2D eigenvalue weighted by atomic mass is 10.1. The highest BCUT2D eigenvalue weighted by atomic mass is 32.2. The van der Waals surface area contributed by atoms with Gasteiger partial charge < -0.3 is 10.2 Å². The fourth-order valence-corrected chi connectivity index (χ4v) is 3.86. The predicted octanol–water partition coefficient (Wildman–Crippen LogP) is 2.54. The van der Waals surface area contributed by atoms with Crippen LogP contribution in [0.4, 0.5) is 10.1 Å². The van der Waals surface area contributed by atoms with Crippen molar-refractivity contribution in [2.45, 2.75) is 32.9 Å². The summed E-state index contributed by atoms with van der Waals surface area (Å²) in [5.74, 6) is -1.72. The van der Waals surface area contributed by atoms with Gasteiger partial charge in [0, 0.05) is 13.1 Å². The molecule has 1 N–H and O–H groups in total. The van der Waals surface area contributed by atoms with Crippen molar-refractivity contribution in [1.29, 1.82) is 0 Å². The van der Waals surface area contributed by atoms with E-state index in [9.17, 15) is 22.4 Å². The van der Waals surface area contributed by atoms with Crippen molar-refractivity contribution in [2.24, 2.45) is 0 Å². The Hall–Kier alpha value is -2.94. The van der Waals surface area contributed by atoms with Gasteiger partial charge in [-0.2, -0.15) is 0 Å². The molecule has 0 heterocycles. The SMILES string of the molecule is CCCNC(=O)[C@H](C)N(Cc1ccccc1)C(=O)CN(c1ccccc1F)S(C)(=O)=O. The van der Waals surface area contributed by atoms with Gasteiger partial charge in [0.2, 0.25) is 21.8 Å². The van der Waals surface area contributed by atoms with Crippen molar-refractivity contribution in [3.63, 3.8) is 0 Å². The molecule has 2 amide bonds. The number of rotatable bonds is 10. The van der Waals surface area contributed by atoms with Crippen molar-refractivity contribution < 1.29 is 22.4 Å². The van der Waals surface area contributed by atoms with Gasteiger partial charge in [0.05, 0.1) is 11.9 Å². The topological polar surface area (TPSA) is 86.8 Å². The van der Waals surface area contributed by atoms with Gasteiger partial charge in [-0.15, -0.1) is 0 Å². The summed E-state index contributed by atoms with van der Waals surface area (Å²) < 4.78 is 39.7. The molecule has 0 bridgehead atoms. The predicted molar refractivity (Wildman–Crippen MR) is 118 cm³/mol. The molecule has 2 aromatic carbocycles. The number of nitrogens with one attached hydrogen (secondary N) is 1. The van der Waals surface area contributed by atoms with E-state index < -0.39 is 34.3 Å². The number of anilines is 1. The number of hydrogen-bond acceptors (Lipinski definition) is 4. The highest BCUT2D eigenvalue weighted by Crippen LogP contribution is 2.22. The first-order valence-corrected chi connectivity index (χ1v) is 11.8. The van der Waals surface area contributed by atoms with Crippen molar-refractivity contribution in [1.82, 2.24) is 10.2 Å². The van der Waals surface area contributed by atoms with Crippen LogP contribution < -0.4 is 9.62 Å². The van der Waals surface area contributed by atoms with Gasteiger partial charge in [-0.1, -0.05) is 49.4 Å². The maximum absolute atomic E-state index is 14.3. The number of carbonyl (C=O) groups excluding carboxylic acids is 2. The van der Waals surface area contributed by atoms with Crippen LogP contribution >= 0.6 is 0 Å². The van der Waals surface area contributed by atoms with E-state index in [2.05, 4.69) is 5.32 Å². The summed E-state index contributed by atoms with van der Waals surface area (Å²) in [5, 5.41) is 2.75. The van der Waals surface area contributed by atoms with Gasteiger partial charge in [0.25, 0.3) is 0 Å². The summed E-state index contributed by atoms with van der Waals surface area (Å²) in [6.07, 6.45) is 1.64. The molecule has 0 aliphatic carbocycles. The van der Waals surface area contributed by atoms with Crippen LogP contribution in [0.5, 0.6) is 0 Å². The van der Waals surface area contributed by atoms with Crippen molar-refractivity contribution >= 4 is 27.5 Å². The van der Waals surface area contributed by atoms with E-state index in [1.54, 1.807) is 6.92 Å². The molecule has 0 fully saturated rings. The molecule has 2 rings (SSSR count). The summed E-state index contributed by atoms with van der Waals surface area (Å²) in [6.45, 7) is 3.43. The van der Waals surface area contributed by atoms with Crippen molar-refractivity contribution in [2.75, 3.05) is 23.7 Å². The molecule has 1 atom stereocenters. The van der Waals surface area contributed by atoms with Crippen LogP contribution in [-0.2, 0) is 26.2 Å². The second-order valence-electron chi connectivity index (χ2n) is 7.20. The second-order valence-corrected chi connectivity index (χ2v) is 9.10. The maximum atomic E-state index is 14.3. The zero-order chi connectivity index (χ0) is 23.0. The van der Waals surface area contributed by atoms with Crippen molar-refractivity contribution in [3.05, 3.63) is 66.0 Å². The van der Waals surface area contributed by atoms with E-state index in [-0.39, 0.29) is 18.1 Å². The molecular formula is C22H28FN3O4S. The molecule has 0 spiro atoms. The largest absolute Gasteiger partial charge is 0.354 e. The highest BCUT2D eigenvalue weighted by molar-refractivity contribution is 7.92. The molecule has 0 saturated carbocycles. The molecule has 0 aromatic heterocycles. The first-order valence-electron chi connectivity index (χ1n) is 9.98. The molecular weight excluding hydrogens is 421 g/mol. The monoisotopic (exact) mass is 449 g/mol. The van der Waals surface area contributed by atoms with E-state index in [0.29, 0.717) is 6.54 Å². The normalized spacial score (nSPS) is 12.1. The number of nitrogens with zero attached hydrogens (tertiary/aromatic N) is 2. The first kappa shape index (κ1) is 24.3. The summed E-state index contributed by atoms with van der Waals surface area (Å²) >= 11 is 0. The Morgan fingerprint density at radius 2 is 1.68 bits per heavy atom. The Labute approximate surface area is 182 Å². The van der Waals surface area contributed by atoms with Crippen molar-refractivity contribution in [3.8, 4) is 0 Å². The lowest BCUT2D eigenvalue weighted by Gasteiger charge is -2.31. The van der Waals surface area contributed by atoms with E-state index in [0.717, 1.165) is 28.6 Å². The highest BCUT2D eigenvalue weighted by Gasteiger charge is 2.30. The number of benzene rings is 2. The summed E-state index contributed by atoms with van der Waals surface area (Å²) in [7, 11) is -3.96. The van der Waals surface area contributed by atoms with E-state index >= 15 is 0 Å². The van der Waals surface area contributed by atoms with Crippen LogP contribution in [0.1, 0.15) is 25.8 Å². The molecule has 168 valence electrons. The lowest BCUT2D eigenvalue weighted by Crippen LogP contribution is -2.51. The fraction of sp³-hybridized carbons (Fsp3) is 0.364. The van der Waals surface area contributed by atoms with Gasteiger partial charge in [-0.25, -0.2) is 12.8 Å². The minimum atomic E-state index is -3.96. The first-order chi connectivity index (χ1) is 14.6. The Balaban J connectivity index is 2.35. The fourth-order valence-electron chi connectivity index (χ4n) is 3.01. The van der Waals surface area contributed by atoms with Gasteiger partial charge >= 0.3 is 0 Å². The third-order valence-corrected chi connectivity index (χ3v) is 5.84. The van der Waals surface area contributed by atoms with Crippen LogP contribution in [0.25, 0.3) is 0 Å². The number of para-hydroxylation sites is 1. The number of sulfonamides is 1. The third kappa shape index (κ3) is 6.78. The molecule has 0 unspecified atom stereocenters. The summed E-state index contributed by atoms with van der Waals surface area (Å²) in [5.41, 5.74) is 0.559. The Morgan fingerprint density at radius 3 is 2.26 bits per heavy atom. The average Bonchev–Trinajstić information content (AvgIpc) is 2.74. The van der Waals surface area contributed by atoms with Gasteiger partial charge in [-0.3, -0.25) is 13.9 Å². The van der Waals surface area contributed by atoms with Crippen LogP contribution in [0, 0.1) is 5.82 Å². The number of hydrogen-bond donors (Lipinski definition) is 1. The van der Waals surface area contributed by atoms with Crippen LogP contribution in [0.15, 0.2) is 54.6 Å². The standard InChI is InChI=1S/C22H28FN3O4S/c1-4-14-24-22(28)17(2)25(15-18-10-6-5-7-11-18)21(27)16-26(31(3,29)30)20-13-9-8-12-19(20)23/h5-13,17H,4,14-16H2,1-3H3,(H,24,28)/t17-/m0/s1. The molecule has 9 heteroatoms. The molecule has 7 nitrogen and oxygen atoms in total. The Kier molecular flexibility index (Phi) is 8.56. The number of carbonyl (C=O) groups is 2. The van der Waals surface area contributed by atoms with Crippen LogP contribution in [0.3, 0.4) is 0 Å². The summed E-state index contributed by atoms with van der Waals surface area (Å²) in [6, 6.07) is 13.6. The van der Waals surface area contributed by atoms with E-state index in [1.165, 1.54) is 23.1 Å². The number of amides is 2. The second kappa shape index (κ2) is 10.9. The minimum absolute atomic E-state index is 0.106. The van der Waals surface area contributed by atoms with Gasteiger partial charge in [0.1, 0.15) is 18.4 Å². The Bertz CT molecular complexity index is 999. The average molecular weight is 450 g/mol. The minimum Gasteiger partial charge on any atom is -0.354 e. The number of halogens is 1. The lowest BCUT2D eigenvalue weighted by molar-refractivity contribution is -0.139. The summed E-state index contributed by atoms with van der Waals surface area (Å²) in [4.78, 5) is 27.1. The molecule has 2 aromatic rings. The van der Waals surface area contributed by atoms with Crippen LogP contribution in [0.2, 0.25) is 0 Å². The van der Waals surface area contributed by atoms with Gasteiger partial charge in [-0.05, 0) is 31.0 Å². The van der Waals surface area contributed by atoms with E-state index in [1.807, 2.05) is 37.3 Å². The molecule has 0 aliphatic rings. The quantitative estimate of drug-likeness (QED) is 0.604. The van der Waals surface area contributed by atoms with Gasteiger partial charge in [0.15, 0.2) is 0 Å². The zero-order valence-electron chi connectivity index (χ0n) is 17.9. The van der Waals surface area contributed by atoms with Crippen LogP contribution in [-0.4, -0.2) is 50.5 Å². The maximum Gasteiger partial charge on any atom is 0.244 e. The molecule has 31 heavy (non-hydrogen) atoms. The van der Waals surface area contributed by atoms with E-state index in [4.69, 9.17) is 0 Å². The third-order valence-electron chi connectivity index (χ3n) is 4.71. The molecule has 0 aliphatic heterocycles.